The van der Waals surface area contributed by atoms with E-state index < -0.39 is 53.8 Å². The van der Waals surface area contributed by atoms with Crippen LogP contribution in [0.5, 0.6) is 0 Å². The van der Waals surface area contributed by atoms with Gasteiger partial charge in [-0.15, -0.1) is 0 Å². The Balaban J connectivity index is 1.73. The monoisotopic (exact) mass is 430 g/mol. The number of rotatable bonds is 4. The van der Waals surface area contributed by atoms with Gasteiger partial charge in [0.05, 0.1) is 16.8 Å². The number of anilines is 1. The number of imide groups is 2. The maximum absolute atomic E-state index is 13.0. The molecule has 6 amide bonds. The summed E-state index contributed by atoms with van der Waals surface area (Å²) in [5, 5.41) is 6.91. The molecule has 11 heteroatoms. The van der Waals surface area contributed by atoms with Crippen LogP contribution in [0.25, 0.3) is 0 Å². The van der Waals surface area contributed by atoms with E-state index in [2.05, 4.69) is 16.0 Å². The van der Waals surface area contributed by atoms with Crippen LogP contribution in [-0.4, -0.2) is 58.7 Å². The lowest BCUT2D eigenvalue weighted by atomic mass is 10.0. The van der Waals surface area contributed by atoms with Gasteiger partial charge in [-0.25, -0.2) is 4.79 Å². The number of carbonyl (C=O) groups is 6. The van der Waals surface area contributed by atoms with Crippen molar-refractivity contribution in [3.63, 3.8) is 0 Å². The maximum atomic E-state index is 13.0. The molecule has 1 saturated heterocycles. The number of benzene rings is 1. The average Bonchev–Trinajstić information content (AvgIpc) is 2.91. The number of alkyl carbamates (subject to hydrolysis) is 1. The molecule has 3 rings (SSSR count). The molecule has 0 radical (unpaired) electrons. The van der Waals surface area contributed by atoms with Gasteiger partial charge in [-0.05, 0) is 39.3 Å². The molecule has 0 aliphatic carbocycles. The van der Waals surface area contributed by atoms with Crippen molar-refractivity contribution < 1.29 is 33.5 Å². The lowest BCUT2D eigenvalue weighted by Crippen LogP contribution is -2.54. The molecule has 0 bridgehead atoms. The second-order valence-electron chi connectivity index (χ2n) is 8.08. The molecule has 1 aromatic rings. The van der Waals surface area contributed by atoms with Gasteiger partial charge in [0.15, 0.2) is 0 Å². The van der Waals surface area contributed by atoms with Gasteiger partial charge >= 0.3 is 6.09 Å². The summed E-state index contributed by atoms with van der Waals surface area (Å²) in [4.78, 5) is 74.0. The molecule has 31 heavy (non-hydrogen) atoms. The summed E-state index contributed by atoms with van der Waals surface area (Å²) in [6.07, 6.45) is -0.752. The minimum Gasteiger partial charge on any atom is -0.444 e. The predicted molar refractivity (Wildman–Crippen MR) is 106 cm³/mol. The summed E-state index contributed by atoms with van der Waals surface area (Å²) in [5.74, 6) is -3.26. The highest BCUT2D eigenvalue weighted by atomic mass is 16.6. The van der Waals surface area contributed by atoms with Crippen molar-refractivity contribution >= 4 is 41.3 Å². The van der Waals surface area contributed by atoms with Crippen LogP contribution in [0, 0.1) is 0 Å². The van der Waals surface area contributed by atoms with E-state index in [1.165, 1.54) is 18.2 Å². The Bertz CT molecular complexity index is 996. The molecule has 2 aliphatic rings. The predicted octanol–water partition coefficient (Wildman–Crippen LogP) is 0.551. The van der Waals surface area contributed by atoms with E-state index in [1.54, 1.807) is 20.8 Å². The number of ether oxygens (including phenoxy) is 1. The highest BCUT2D eigenvalue weighted by Gasteiger charge is 2.45. The summed E-state index contributed by atoms with van der Waals surface area (Å²) >= 11 is 0. The van der Waals surface area contributed by atoms with E-state index in [4.69, 9.17) is 4.74 Å². The van der Waals surface area contributed by atoms with Crippen molar-refractivity contribution in [3.05, 3.63) is 29.3 Å². The van der Waals surface area contributed by atoms with Crippen LogP contribution in [0.1, 0.15) is 54.3 Å². The van der Waals surface area contributed by atoms with Crippen molar-refractivity contribution in [1.82, 2.24) is 15.5 Å². The molecular weight excluding hydrogens is 408 g/mol. The molecule has 2 aliphatic heterocycles. The fraction of sp³-hybridized carbons (Fsp3) is 0.400. The second-order valence-corrected chi connectivity index (χ2v) is 8.08. The molecule has 3 N–H and O–H groups in total. The van der Waals surface area contributed by atoms with Crippen LogP contribution in [0.3, 0.4) is 0 Å². The molecular formula is C20H22N4O7. The molecule has 0 aromatic heterocycles. The highest BCUT2D eigenvalue weighted by molar-refractivity contribution is 6.26. The Hall–Kier alpha value is -3.76. The molecule has 1 fully saturated rings. The van der Waals surface area contributed by atoms with E-state index in [0.717, 1.165) is 4.90 Å². The third-order valence-electron chi connectivity index (χ3n) is 4.53. The first-order chi connectivity index (χ1) is 14.5. The number of carbonyl (C=O) groups excluding carboxylic acids is 6. The van der Waals surface area contributed by atoms with Crippen LogP contribution < -0.4 is 16.0 Å². The molecule has 1 aromatic carbocycles. The minimum absolute atomic E-state index is 0.00371. The first kappa shape index (κ1) is 21.9. The highest BCUT2D eigenvalue weighted by Crippen LogP contribution is 2.32. The van der Waals surface area contributed by atoms with Gasteiger partial charge in [0.1, 0.15) is 18.2 Å². The number of hydrogen-bond acceptors (Lipinski definition) is 7. The van der Waals surface area contributed by atoms with Gasteiger partial charge in [0.2, 0.25) is 17.7 Å². The summed E-state index contributed by atoms with van der Waals surface area (Å²) in [7, 11) is 0. The van der Waals surface area contributed by atoms with E-state index in [-0.39, 0.29) is 29.7 Å². The topological polar surface area (TPSA) is 151 Å². The fourth-order valence-electron chi connectivity index (χ4n) is 3.28. The third-order valence-corrected chi connectivity index (χ3v) is 4.53. The van der Waals surface area contributed by atoms with E-state index in [0.29, 0.717) is 0 Å². The van der Waals surface area contributed by atoms with Crippen LogP contribution >= 0.6 is 0 Å². The number of nitrogens with zero attached hydrogens (tertiary/aromatic N) is 1. The van der Waals surface area contributed by atoms with Gasteiger partial charge in [0.25, 0.3) is 11.8 Å². The Morgan fingerprint density at radius 2 is 1.87 bits per heavy atom. The minimum atomic E-state index is -1.11. The number of nitrogens with one attached hydrogen (secondary N) is 3. The van der Waals surface area contributed by atoms with E-state index >= 15 is 0 Å². The summed E-state index contributed by atoms with van der Waals surface area (Å²) in [5.41, 5.74) is -0.676. The molecule has 1 atom stereocenters. The van der Waals surface area contributed by atoms with Gasteiger partial charge in [-0.2, -0.15) is 0 Å². The zero-order valence-corrected chi connectivity index (χ0v) is 17.2. The normalized spacial score (nSPS) is 18.4. The van der Waals surface area contributed by atoms with Crippen LogP contribution in [0.15, 0.2) is 18.2 Å². The molecule has 1 unspecified atom stereocenters. The number of amides is 6. The van der Waals surface area contributed by atoms with Gasteiger partial charge < -0.3 is 15.4 Å². The van der Waals surface area contributed by atoms with E-state index in [9.17, 15) is 28.8 Å². The quantitative estimate of drug-likeness (QED) is 0.590. The Morgan fingerprint density at radius 3 is 2.52 bits per heavy atom. The molecule has 0 spiro atoms. The standard InChI is InChI=1S/C20H22N4O7/c1-20(2,3)31-19(30)21-9-14(26)22-11-6-4-5-10-15(11)18(29)24(17(10)28)12-7-8-13(25)23-16(12)27/h4-6,12H,7-9H2,1-3H3,(H,21,30)(H,22,26)(H,23,25,27). The van der Waals surface area contributed by atoms with Crippen molar-refractivity contribution in [2.75, 3.05) is 11.9 Å². The SMILES string of the molecule is CC(C)(C)OC(=O)NCC(=O)Nc1cccc2c1C(=O)N(C1CCC(=O)NC1=O)C2=O. The van der Waals surface area contributed by atoms with Crippen molar-refractivity contribution in [2.24, 2.45) is 0 Å². The van der Waals surface area contributed by atoms with Crippen molar-refractivity contribution in [1.29, 1.82) is 0 Å². The van der Waals surface area contributed by atoms with Crippen LogP contribution in [-0.2, 0) is 19.1 Å². The largest absolute Gasteiger partial charge is 0.444 e. The lowest BCUT2D eigenvalue weighted by Gasteiger charge is -2.27. The maximum Gasteiger partial charge on any atom is 0.408 e. The van der Waals surface area contributed by atoms with Crippen molar-refractivity contribution in [3.8, 4) is 0 Å². The Kier molecular flexibility index (Phi) is 5.78. The fourth-order valence-corrected chi connectivity index (χ4v) is 3.28. The summed E-state index contributed by atoms with van der Waals surface area (Å²) in [6.45, 7) is 4.61. The number of piperidine rings is 1. The summed E-state index contributed by atoms with van der Waals surface area (Å²) in [6, 6.07) is 3.22. The number of fused-ring (bicyclic) bond motifs is 1. The van der Waals surface area contributed by atoms with Crippen molar-refractivity contribution in [2.45, 2.75) is 45.3 Å². The molecule has 2 heterocycles. The Morgan fingerprint density at radius 1 is 1.16 bits per heavy atom. The van der Waals surface area contributed by atoms with E-state index in [1.807, 2.05) is 0 Å². The number of hydrogen-bond donors (Lipinski definition) is 3. The second kappa shape index (κ2) is 8.17. The molecule has 11 nitrogen and oxygen atoms in total. The first-order valence-electron chi connectivity index (χ1n) is 9.59. The Labute approximate surface area is 177 Å². The average molecular weight is 430 g/mol. The zero-order valence-electron chi connectivity index (χ0n) is 17.2. The third kappa shape index (κ3) is 4.71. The smallest absolute Gasteiger partial charge is 0.408 e. The van der Waals surface area contributed by atoms with Crippen LogP contribution in [0.4, 0.5) is 10.5 Å². The molecule has 0 saturated carbocycles. The zero-order chi connectivity index (χ0) is 22.9. The van der Waals surface area contributed by atoms with Gasteiger partial charge in [-0.1, -0.05) is 6.07 Å². The first-order valence-corrected chi connectivity index (χ1v) is 9.59. The summed E-state index contributed by atoms with van der Waals surface area (Å²) < 4.78 is 5.05. The lowest BCUT2D eigenvalue weighted by molar-refractivity contribution is -0.136. The van der Waals surface area contributed by atoms with Gasteiger partial charge in [0, 0.05) is 6.42 Å². The van der Waals surface area contributed by atoms with Crippen LogP contribution in [0.2, 0.25) is 0 Å². The molecule has 164 valence electrons. The van der Waals surface area contributed by atoms with Gasteiger partial charge in [-0.3, -0.25) is 34.2 Å².